The van der Waals surface area contributed by atoms with E-state index in [4.69, 9.17) is 15.2 Å². The average molecular weight is 271 g/mol. The van der Waals surface area contributed by atoms with Crippen molar-refractivity contribution in [3.8, 4) is 11.5 Å². The van der Waals surface area contributed by atoms with E-state index in [1.165, 1.54) is 0 Å². The average Bonchev–Trinajstić information content (AvgIpc) is 2.38. The van der Waals surface area contributed by atoms with Crippen LogP contribution in [0.1, 0.15) is 12.5 Å². The van der Waals surface area contributed by atoms with Gasteiger partial charge in [-0.2, -0.15) is 0 Å². The molecule has 1 atom stereocenters. The first-order valence-corrected chi connectivity index (χ1v) is 6.35. The Hall–Kier alpha value is -2.49. The minimum Gasteiger partial charge on any atom is -0.479 e. The zero-order valence-corrected chi connectivity index (χ0v) is 11.5. The first-order valence-electron chi connectivity index (χ1n) is 6.35. The molecule has 0 saturated heterocycles. The fourth-order valence-electron chi connectivity index (χ4n) is 1.72. The van der Waals surface area contributed by atoms with Crippen LogP contribution in [-0.4, -0.2) is 12.1 Å². The first-order chi connectivity index (χ1) is 9.54. The largest absolute Gasteiger partial charge is 0.479 e. The predicted molar refractivity (Wildman–Crippen MR) is 77.8 cm³/mol. The second-order valence-corrected chi connectivity index (χ2v) is 4.57. The molecule has 0 bridgehead atoms. The van der Waals surface area contributed by atoms with Gasteiger partial charge < -0.3 is 15.2 Å². The standard InChI is InChI=1S/C16H17NO3/c1-11-5-3-7-14(9-11)20-16(18)12(2)19-15-8-4-6-13(17)10-15/h3-10,12H,17H2,1-2H3/t12-/m1/s1. The number of esters is 1. The van der Waals surface area contributed by atoms with Crippen molar-refractivity contribution in [2.45, 2.75) is 20.0 Å². The molecule has 0 amide bonds. The Kier molecular flexibility index (Phi) is 4.25. The number of hydrogen-bond donors (Lipinski definition) is 1. The third-order valence-electron chi connectivity index (χ3n) is 2.71. The van der Waals surface area contributed by atoms with Gasteiger partial charge in [-0.1, -0.05) is 18.2 Å². The maximum absolute atomic E-state index is 11.9. The first kappa shape index (κ1) is 13.9. The summed E-state index contributed by atoms with van der Waals surface area (Å²) in [6, 6.07) is 14.2. The highest BCUT2D eigenvalue weighted by molar-refractivity contribution is 5.77. The molecule has 104 valence electrons. The molecule has 2 rings (SSSR count). The molecular formula is C16H17NO3. The van der Waals surface area contributed by atoms with Crippen molar-refractivity contribution in [3.63, 3.8) is 0 Å². The zero-order valence-electron chi connectivity index (χ0n) is 11.5. The Bertz CT molecular complexity index is 610. The van der Waals surface area contributed by atoms with E-state index < -0.39 is 12.1 Å². The summed E-state index contributed by atoms with van der Waals surface area (Å²) in [5.74, 6) is 0.606. The van der Waals surface area contributed by atoms with Crippen LogP contribution in [0.15, 0.2) is 48.5 Å². The Morgan fingerprint density at radius 3 is 2.50 bits per heavy atom. The number of rotatable bonds is 4. The van der Waals surface area contributed by atoms with Crippen LogP contribution < -0.4 is 15.2 Å². The summed E-state index contributed by atoms with van der Waals surface area (Å²) in [4.78, 5) is 11.9. The van der Waals surface area contributed by atoms with E-state index >= 15 is 0 Å². The minimum atomic E-state index is -0.711. The number of ether oxygens (including phenoxy) is 2. The summed E-state index contributed by atoms with van der Waals surface area (Å²) in [6.45, 7) is 3.57. The molecule has 0 heterocycles. The van der Waals surface area contributed by atoms with E-state index in [0.29, 0.717) is 17.2 Å². The number of benzene rings is 2. The molecule has 4 heteroatoms. The summed E-state index contributed by atoms with van der Waals surface area (Å²) in [5.41, 5.74) is 7.27. The summed E-state index contributed by atoms with van der Waals surface area (Å²) in [5, 5.41) is 0. The smallest absolute Gasteiger partial charge is 0.352 e. The quantitative estimate of drug-likeness (QED) is 0.527. The molecule has 0 saturated carbocycles. The SMILES string of the molecule is Cc1cccc(OC(=O)[C@@H](C)Oc2cccc(N)c2)c1. The van der Waals surface area contributed by atoms with E-state index in [1.807, 2.05) is 19.1 Å². The zero-order chi connectivity index (χ0) is 14.5. The van der Waals surface area contributed by atoms with Crippen molar-refractivity contribution in [2.75, 3.05) is 5.73 Å². The molecule has 0 unspecified atom stereocenters. The van der Waals surface area contributed by atoms with E-state index in [-0.39, 0.29) is 0 Å². The molecule has 0 aromatic heterocycles. The highest BCUT2D eigenvalue weighted by Crippen LogP contribution is 2.18. The molecular weight excluding hydrogens is 254 g/mol. The van der Waals surface area contributed by atoms with Crippen molar-refractivity contribution in [1.29, 1.82) is 0 Å². The van der Waals surface area contributed by atoms with Gasteiger partial charge in [0, 0.05) is 11.8 Å². The van der Waals surface area contributed by atoms with Gasteiger partial charge in [-0.3, -0.25) is 0 Å². The van der Waals surface area contributed by atoms with Gasteiger partial charge in [-0.15, -0.1) is 0 Å². The number of carbonyl (C=O) groups excluding carboxylic acids is 1. The molecule has 2 aromatic rings. The van der Waals surface area contributed by atoms with Gasteiger partial charge in [-0.05, 0) is 43.7 Å². The van der Waals surface area contributed by atoms with Crippen LogP contribution in [0.2, 0.25) is 0 Å². The molecule has 2 N–H and O–H groups in total. The van der Waals surface area contributed by atoms with Crippen molar-refractivity contribution in [1.82, 2.24) is 0 Å². The lowest BCUT2D eigenvalue weighted by molar-refractivity contribution is -0.141. The molecule has 0 aliphatic carbocycles. The van der Waals surface area contributed by atoms with E-state index in [2.05, 4.69) is 0 Å². The second-order valence-electron chi connectivity index (χ2n) is 4.57. The summed E-state index contributed by atoms with van der Waals surface area (Å²) in [7, 11) is 0. The monoisotopic (exact) mass is 271 g/mol. The number of hydrogen-bond acceptors (Lipinski definition) is 4. The van der Waals surface area contributed by atoms with Crippen molar-refractivity contribution in [2.24, 2.45) is 0 Å². The van der Waals surface area contributed by atoms with Crippen LogP contribution in [0, 0.1) is 6.92 Å². The van der Waals surface area contributed by atoms with Gasteiger partial charge in [0.05, 0.1) is 0 Å². The second kappa shape index (κ2) is 6.10. The molecule has 0 radical (unpaired) electrons. The van der Waals surface area contributed by atoms with E-state index in [9.17, 15) is 4.79 Å². The van der Waals surface area contributed by atoms with Crippen LogP contribution in [0.3, 0.4) is 0 Å². The number of aryl methyl sites for hydroxylation is 1. The molecule has 0 aliphatic rings. The highest BCUT2D eigenvalue weighted by Gasteiger charge is 2.17. The molecule has 4 nitrogen and oxygen atoms in total. The van der Waals surface area contributed by atoms with Crippen molar-refractivity contribution in [3.05, 3.63) is 54.1 Å². The van der Waals surface area contributed by atoms with Crippen molar-refractivity contribution < 1.29 is 14.3 Å². The third kappa shape index (κ3) is 3.75. The number of anilines is 1. The number of nitrogen functional groups attached to an aromatic ring is 1. The van der Waals surface area contributed by atoms with E-state index in [1.54, 1.807) is 43.3 Å². The normalized spacial score (nSPS) is 11.7. The molecule has 0 spiro atoms. The van der Waals surface area contributed by atoms with Crippen LogP contribution in [-0.2, 0) is 4.79 Å². The van der Waals surface area contributed by atoms with E-state index in [0.717, 1.165) is 5.56 Å². The minimum absolute atomic E-state index is 0.446. The van der Waals surface area contributed by atoms with Crippen LogP contribution >= 0.6 is 0 Å². The Morgan fingerprint density at radius 2 is 1.80 bits per heavy atom. The Balaban J connectivity index is 1.98. The van der Waals surface area contributed by atoms with Gasteiger partial charge in [0.1, 0.15) is 11.5 Å². The Labute approximate surface area is 118 Å². The molecule has 20 heavy (non-hydrogen) atoms. The third-order valence-corrected chi connectivity index (χ3v) is 2.71. The summed E-state index contributed by atoms with van der Waals surface area (Å²) >= 11 is 0. The Morgan fingerprint density at radius 1 is 1.10 bits per heavy atom. The van der Waals surface area contributed by atoms with Gasteiger partial charge in [-0.25, -0.2) is 4.79 Å². The van der Waals surface area contributed by atoms with Crippen LogP contribution in [0.4, 0.5) is 5.69 Å². The fraction of sp³-hybridized carbons (Fsp3) is 0.188. The van der Waals surface area contributed by atoms with Crippen molar-refractivity contribution >= 4 is 11.7 Å². The summed E-state index contributed by atoms with van der Waals surface area (Å²) in [6.07, 6.45) is -0.711. The lowest BCUT2D eigenvalue weighted by Gasteiger charge is -2.14. The number of nitrogens with two attached hydrogens (primary N) is 1. The molecule has 2 aromatic carbocycles. The lowest BCUT2D eigenvalue weighted by Crippen LogP contribution is -2.28. The van der Waals surface area contributed by atoms with Gasteiger partial charge in [0.25, 0.3) is 0 Å². The number of carbonyl (C=O) groups is 1. The highest BCUT2D eigenvalue weighted by atomic mass is 16.6. The maximum atomic E-state index is 11.9. The van der Waals surface area contributed by atoms with Crippen LogP contribution in [0.25, 0.3) is 0 Å². The van der Waals surface area contributed by atoms with Gasteiger partial charge >= 0.3 is 5.97 Å². The van der Waals surface area contributed by atoms with Gasteiger partial charge in [0.2, 0.25) is 0 Å². The summed E-state index contributed by atoms with van der Waals surface area (Å²) < 4.78 is 10.8. The molecule has 0 fully saturated rings. The fourth-order valence-corrected chi connectivity index (χ4v) is 1.72. The molecule has 0 aliphatic heterocycles. The topological polar surface area (TPSA) is 61.5 Å². The predicted octanol–water partition coefficient (Wildman–Crippen LogP) is 2.95. The lowest BCUT2D eigenvalue weighted by atomic mass is 10.2. The van der Waals surface area contributed by atoms with Crippen LogP contribution in [0.5, 0.6) is 11.5 Å². The van der Waals surface area contributed by atoms with Gasteiger partial charge in [0.15, 0.2) is 6.10 Å². The maximum Gasteiger partial charge on any atom is 0.352 e.